The van der Waals surface area contributed by atoms with Gasteiger partial charge in [-0.15, -0.1) is 0 Å². The molecule has 2 aromatic rings. The molecule has 1 N–H and O–H groups in total. The number of rotatable bonds is 1. The van der Waals surface area contributed by atoms with Crippen LogP contribution in [0.1, 0.15) is 32.1 Å². The van der Waals surface area contributed by atoms with Crippen LogP contribution in [0.4, 0.5) is 0 Å². The minimum Gasteiger partial charge on any atom is -0.368 e. The van der Waals surface area contributed by atoms with Gasteiger partial charge in [-0.1, -0.05) is 18.6 Å². The van der Waals surface area contributed by atoms with Gasteiger partial charge in [0.2, 0.25) is 0 Å². The Bertz CT molecular complexity index is 467. The lowest BCUT2D eigenvalue weighted by Crippen LogP contribution is -2.37. The van der Waals surface area contributed by atoms with E-state index in [1.807, 2.05) is 24.3 Å². The van der Waals surface area contributed by atoms with Crippen molar-refractivity contribution in [3.8, 4) is 0 Å². The molecule has 0 bridgehead atoms. The molecule has 1 aliphatic carbocycles. The molecular weight excluding hydrogens is 202 g/mol. The Morgan fingerprint density at radius 1 is 1.00 bits per heavy atom. The maximum Gasteiger partial charge on any atom is 0.176 e. The summed E-state index contributed by atoms with van der Waals surface area (Å²) in [6.45, 7) is 0. The highest BCUT2D eigenvalue weighted by molar-refractivity contribution is 5.73. The number of hydrogen-bond acceptors (Lipinski definition) is 3. The summed E-state index contributed by atoms with van der Waals surface area (Å²) in [5.74, 6) is 0. The first-order chi connectivity index (χ1) is 7.78. The summed E-state index contributed by atoms with van der Waals surface area (Å²) in [6, 6.07) is 7.72. The fourth-order valence-electron chi connectivity index (χ4n) is 2.36. The zero-order chi connectivity index (χ0) is 11.0. The van der Waals surface area contributed by atoms with Gasteiger partial charge in [0.15, 0.2) is 5.72 Å². The molecule has 1 aromatic heterocycles. The number of benzene rings is 1. The first-order valence-electron chi connectivity index (χ1n) is 5.83. The lowest BCUT2D eigenvalue weighted by atomic mass is 9.92. The normalized spacial score (nSPS) is 20.1. The lowest BCUT2D eigenvalue weighted by Gasteiger charge is -2.30. The van der Waals surface area contributed by atoms with Crippen LogP contribution in [0.15, 0.2) is 24.3 Å². The average molecular weight is 217 g/mol. The molecule has 1 saturated carbocycles. The fourth-order valence-corrected chi connectivity index (χ4v) is 2.36. The van der Waals surface area contributed by atoms with Gasteiger partial charge in [-0.25, -0.2) is 0 Å². The molecule has 0 radical (unpaired) electrons. The number of aliphatic hydroxyl groups is 1. The van der Waals surface area contributed by atoms with Crippen LogP contribution in [-0.2, 0) is 5.72 Å². The van der Waals surface area contributed by atoms with Gasteiger partial charge in [-0.05, 0) is 37.8 Å². The monoisotopic (exact) mass is 217 g/mol. The second-order valence-electron chi connectivity index (χ2n) is 4.52. The van der Waals surface area contributed by atoms with E-state index in [9.17, 15) is 5.11 Å². The summed E-state index contributed by atoms with van der Waals surface area (Å²) in [7, 11) is 0. The van der Waals surface area contributed by atoms with Gasteiger partial charge < -0.3 is 5.11 Å². The van der Waals surface area contributed by atoms with E-state index in [-0.39, 0.29) is 0 Å². The topological polar surface area (TPSA) is 50.9 Å². The van der Waals surface area contributed by atoms with Crippen molar-refractivity contribution in [1.82, 2.24) is 15.0 Å². The van der Waals surface area contributed by atoms with E-state index in [0.29, 0.717) is 0 Å². The Morgan fingerprint density at radius 3 is 2.12 bits per heavy atom. The van der Waals surface area contributed by atoms with Gasteiger partial charge in [0.1, 0.15) is 11.0 Å². The Balaban J connectivity index is 2.04. The zero-order valence-corrected chi connectivity index (χ0v) is 9.13. The minimum atomic E-state index is -0.864. The Labute approximate surface area is 93.9 Å². The molecule has 0 spiro atoms. The van der Waals surface area contributed by atoms with Crippen LogP contribution in [0.3, 0.4) is 0 Å². The van der Waals surface area contributed by atoms with Crippen molar-refractivity contribution in [1.29, 1.82) is 0 Å². The van der Waals surface area contributed by atoms with Crippen LogP contribution < -0.4 is 0 Å². The maximum atomic E-state index is 10.5. The van der Waals surface area contributed by atoms with Gasteiger partial charge in [0, 0.05) is 0 Å². The predicted octanol–water partition coefficient (Wildman–Crippen LogP) is 2.04. The molecule has 1 aliphatic rings. The Morgan fingerprint density at radius 2 is 1.56 bits per heavy atom. The first-order valence-corrected chi connectivity index (χ1v) is 5.83. The molecular formula is C12H15N3O. The molecule has 16 heavy (non-hydrogen) atoms. The number of aromatic nitrogens is 3. The van der Waals surface area contributed by atoms with Crippen molar-refractivity contribution in [3.05, 3.63) is 24.3 Å². The third kappa shape index (κ3) is 1.50. The van der Waals surface area contributed by atoms with Gasteiger partial charge in [-0.3, -0.25) is 0 Å². The Hall–Kier alpha value is -1.42. The van der Waals surface area contributed by atoms with Crippen LogP contribution in [-0.4, -0.2) is 20.1 Å². The summed E-state index contributed by atoms with van der Waals surface area (Å²) in [6.07, 6.45) is 4.81. The van der Waals surface area contributed by atoms with E-state index >= 15 is 0 Å². The molecule has 0 atom stereocenters. The van der Waals surface area contributed by atoms with Gasteiger partial charge in [-0.2, -0.15) is 15.0 Å². The SMILES string of the molecule is OC1(n2nc3ccccc3n2)CCCCC1. The number of hydrogen-bond donors (Lipinski definition) is 1. The molecule has 3 rings (SSSR count). The maximum absolute atomic E-state index is 10.5. The highest BCUT2D eigenvalue weighted by atomic mass is 16.3. The zero-order valence-electron chi connectivity index (χ0n) is 9.13. The van der Waals surface area contributed by atoms with Crippen LogP contribution in [0.2, 0.25) is 0 Å². The molecule has 1 fully saturated rings. The van der Waals surface area contributed by atoms with Crippen LogP contribution in [0.25, 0.3) is 11.0 Å². The van der Waals surface area contributed by atoms with Crippen LogP contribution in [0.5, 0.6) is 0 Å². The minimum absolute atomic E-state index is 0.758. The smallest absolute Gasteiger partial charge is 0.176 e. The van der Waals surface area contributed by atoms with Crippen molar-refractivity contribution in [2.24, 2.45) is 0 Å². The van der Waals surface area contributed by atoms with E-state index in [4.69, 9.17) is 0 Å². The van der Waals surface area contributed by atoms with Gasteiger partial charge in [0.05, 0.1) is 0 Å². The molecule has 4 nitrogen and oxygen atoms in total. The highest BCUT2D eigenvalue weighted by Crippen LogP contribution is 2.31. The molecule has 0 unspecified atom stereocenters. The second kappa shape index (κ2) is 3.56. The molecule has 1 heterocycles. The third-order valence-corrected chi connectivity index (χ3v) is 3.31. The molecule has 0 aliphatic heterocycles. The van der Waals surface area contributed by atoms with E-state index in [1.165, 1.54) is 11.2 Å². The summed E-state index contributed by atoms with van der Waals surface area (Å²) in [5, 5.41) is 19.2. The van der Waals surface area contributed by atoms with Crippen LogP contribution >= 0.6 is 0 Å². The fraction of sp³-hybridized carbons (Fsp3) is 0.500. The summed E-state index contributed by atoms with van der Waals surface area (Å²) < 4.78 is 0. The van der Waals surface area contributed by atoms with Crippen LogP contribution in [0, 0.1) is 0 Å². The first kappa shape index (κ1) is 9.78. The van der Waals surface area contributed by atoms with Crippen molar-refractivity contribution in [2.75, 3.05) is 0 Å². The van der Waals surface area contributed by atoms with Crippen molar-refractivity contribution in [3.63, 3.8) is 0 Å². The molecule has 84 valence electrons. The summed E-state index contributed by atoms with van der Waals surface area (Å²) in [5.41, 5.74) is 0.833. The van der Waals surface area contributed by atoms with Gasteiger partial charge >= 0.3 is 0 Å². The van der Waals surface area contributed by atoms with Crippen molar-refractivity contribution in [2.45, 2.75) is 37.8 Å². The van der Waals surface area contributed by atoms with E-state index < -0.39 is 5.72 Å². The Kier molecular flexibility index (Phi) is 2.17. The lowest BCUT2D eigenvalue weighted by molar-refractivity contribution is -0.0899. The second-order valence-corrected chi connectivity index (χ2v) is 4.52. The average Bonchev–Trinajstić information content (AvgIpc) is 2.74. The van der Waals surface area contributed by atoms with E-state index in [1.54, 1.807) is 0 Å². The summed E-state index contributed by atoms with van der Waals surface area (Å²) in [4.78, 5) is 1.51. The largest absolute Gasteiger partial charge is 0.368 e. The van der Waals surface area contributed by atoms with E-state index in [0.717, 1.165) is 36.7 Å². The van der Waals surface area contributed by atoms with Gasteiger partial charge in [0.25, 0.3) is 0 Å². The third-order valence-electron chi connectivity index (χ3n) is 3.31. The predicted molar refractivity (Wildman–Crippen MR) is 60.8 cm³/mol. The molecule has 1 aromatic carbocycles. The summed E-state index contributed by atoms with van der Waals surface area (Å²) >= 11 is 0. The number of fused-ring (bicyclic) bond motifs is 1. The van der Waals surface area contributed by atoms with Crippen molar-refractivity contribution < 1.29 is 5.11 Å². The molecule has 4 heteroatoms. The molecule has 0 saturated heterocycles. The van der Waals surface area contributed by atoms with Crippen molar-refractivity contribution >= 4 is 11.0 Å². The van der Waals surface area contributed by atoms with E-state index in [2.05, 4.69) is 10.2 Å². The standard InChI is InChI=1S/C12H15N3O/c16-12(8-4-1-5-9-12)15-13-10-6-2-3-7-11(10)14-15/h2-3,6-7,16H,1,4-5,8-9H2. The highest BCUT2D eigenvalue weighted by Gasteiger charge is 2.33. The number of nitrogens with zero attached hydrogens (tertiary/aromatic N) is 3. The quantitative estimate of drug-likeness (QED) is 0.795. The molecule has 0 amide bonds.